The molecular weight excluding hydrogens is 561 g/mol. The summed E-state index contributed by atoms with van der Waals surface area (Å²) in [6, 6.07) is 11.7. The van der Waals surface area contributed by atoms with Gasteiger partial charge in [-0.25, -0.2) is 13.4 Å². The van der Waals surface area contributed by atoms with Crippen molar-refractivity contribution in [1.29, 1.82) is 0 Å². The zero-order chi connectivity index (χ0) is 27.7. The maximum atomic E-state index is 13.7. The first kappa shape index (κ1) is 28.3. The lowest BCUT2D eigenvalue weighted by atomic mass is 9.94. The number of nitrogens with zero attached hydrogens (tertiary/aromatic N) is 4. The van der Waals surface area contributed by atoms with E-state index in [1.54, 1.807) is 7.11 Å². The number of amides is 1. The fraction of sp³-hybridized carbons (Fsp3) is 0.481. The Morgan fingerprint density at radius 1 is 1.15 bits per heavy atom. The number of carbonyl (C=O) groups is 1. The number of aryl methyl sites for hydroxylation is 1. The van der Waals surface area contributed by atoms with E-state index in [-0.39, 0.29) is 34.8 Å². The van der Waals surface area contributed by atoms with Crippen LogP contribution in [0.5, 0.6) is 0 Å². The van der Waals surface area contributed by atoms with Gasteiger partial charge in [-0.05, 0) is 49.6 Å². The van der Waals surface area contributed by atoms with Crippen molar-refractivity contribution < 1.29 is 17.9 Å². The molecule has 39 heavy (non-hydrogen) atoms. The summed E-state index contributed by atoms with van der Waals surface area (Å²) in [6.45, 7) is 2.62. The minimum Gasteiger partial charge on any atom is -0.385 e. The minimum atomic E-state index is -3.93. The third kappa shape index (κ3) is 5.68. The summed E-state index contributed by atoms with van der Waals surface area (Å²) >= 11 is 12.1. The molecule has 2 N–H and O–H groups in total. The molecule has 0 bridgehead atoms. The lowest BCUT2D eigenvalue weighted by Gasteiger charge is -2.35. The summed E-state index contributed by atoms with van der Waals surface area (Å²) in [4.78, 5) is 20.5. The lowest BCUT2D eigenvalue weighted by Crippen LogP contribution is -2.47. The summed E-state index contributed by atoms with van der Waals surface area (Å²) in [6.07, 6.45) is 2.61. The smallest absolute Gasteiger partial charge is 0.244 e. The Morgan fingerprint density at radius 3 is 2.72 bits per heavy atom. The Hall–Kier alpha value is -2.21. The fourth-order valence-corrected chi connectivity index (χ4v) is 7.95. The number of hydrogen-bond acceptors (Lipinski definition) is 6. The number of para-hydroxylation sites is 2. The summed E-state index contributed by atoms with van der Waals surface area (Å²) in [5.41, 5.74) is 8.38. The highest BCUT2D eigenvalue weighted by molar-refractivity contribution is 7.89. The quantitative estimate of drug-likeness (QED) is 0.398. The van der Waals surface area contributed by atoms with Crippen LogP contribution in [0.4, 0.5) is 0 Å². The number of fused-ring (bicyclic) bond motifs is 1. The highest BCUT2D eigenvalue weighted by Crippen LogP contribution is 2.33. The number of hydrogen-bond donors (Lipinski definition) is 1. The SMILES string of the molecule is COCCCn1c(C2CCCN(C(=O)[C@@H]3CN(S(=O)(=O)c4ccc(Cl)cc4Cl)C[C@H]3N)C2)nc2ccccc21. The summed E-state index contributed by atoms with van der Waals surface area (Å²) in [5, 5.41) is 0.384. The number of benzene rings is 2. The number of carbonyl (C=O) groups excluding carboxylic acids is 1. The maximum Gasteiger partial charge on any atom is 0.244 e. The Labute approximate surface area is 238 Å². The van der Waals surface area contributed by atoms with Gasteiger partial charge in [-0.15, -0.1) is 0 Å². The van der Waals surface area contributed by atoms with Crippen LogP contribution in [0.25, 0.3) is 11.0 Å². The lowest BCUT2D eigenvalue weighted by molar-refractivity contribution is -0.136. The van der Waals surface area contributed by atoms with Gasteiger partial charge in [0.25, 0.3) is 0 Å². The monoisotopic (exact) mass is 593 g/mol. The zero-order valence-electron chi connectivity index (χ0n) is 21.8. The van der Waals surface area contributed by atoms with Crippen LogP contribution in [0.3, 0.4) is 0 Å². The molecule has 210 valence electrons. The van der Waals surface area contributed by atoms with Gasteiger partial charge in [0.05, 0.1) is 22.0 Å². The minimum absolute atomic E-state index is 0.0119. The van der Waals surface area contributed by atoms with E-state index in [1.165, 1.54) is 22.5 Å². The first-order chi connectivity index (χ1) is 18.7. The number of piperidine rings is 1. The molecule has 9 nitrogen and oxygen atoms in total. The van der Waals surface area contributed by atoms with E-state index < -0.39 is 22.0 Å². The van der Waals surface area contributed by atoms with E-state index in [0.717, 1.165) is 42.7 Å². The number of ether oxygens (including phenoxy) is 1. The van der Waals surface area contributed by atoms with Gasteiger partial charge in [0.2, 0.25) is 15.9 Å². The van der Waals surface area contributed by atoms with Crippen LogP contribution in [-0.2, 0) is 26.1 Å². The molecule has 2 aromatic carbocycles. The van der Waals surface area contributed by atoms with Crippen molar-refractivity contribution in [3.05, 3.63) is 58.3 Å². The number of methoxy groups -OCH3 is 1. The second-order valence-electron chi connectivity index (χ2n) is 10.2. The van der Waals surface area contributed by atoms with Gasteiger partial charge in [-0.3, -0.25) is 4.79 Å². The molecule has 1 aromatic heterocycles. The standard InChI is InChI=1S/C27H33Cl2N5O4S/c1-38-13-5-12-34-24-8-3-2-7-23(24)31-26(34)18-6-4-11-32(15-18)27(35)20-16-33(17-22(20)30)39(36,37)25-10-9-19(28)14-21(25)29/h2-3,7-10,14,18,20,22H,4-6,11-13,15-17,30H2,1H3/t18?,20-,22-/m1/s1. The molecule has 1 unspecified atom stereocenters. The van der Waals surface area contributed by atoms with Gasteiger partial charge >= 0.3 is 0 Å². The van der Waals surface area contributed by atoms with E-state index in [0.29, 0.717) is 24.7 Å². The van der Waals surface area contributed by atoms with E-state index >= 15 is 0 Å². The average Bonchev–Trinajstić information content (AvgIpc) is 3.49. The van der Waals surface area contributed by atoms with Crippen molar-refractivity contribution >= 4 is 50.2 Å². The van der Waals surface area contributed by atoms with Crippen molar-refractivity contribution in [2.45, 2.75) is 42.7 Å². The van der Waals surface area contributed by atoms with Gasteiger partial charge in [-0.1, -0.05) is 35.3 Å². The number of aromatic nitrogens is 2. The Bertz CT molecular complexity index is 1460. The molecule has 0 aliphatic carbocycles. The summed E-state index contributed by atoms with van der Waals surface area (Å²) in [7, 11) is -2.24. The van der Waals surface area contributed by atoms with Crippen molar-refractivity contribution in [2.24, 2.45) is 11.7 Å². The molecular formula is C27H33Cl2N5O4S. The highest BCUT2D eigenvalue weighted by Gasteiger charge is 2.44. The van der Waals surface area contributed by atoms with Gasteiger partial charge in [-0.2, -0.15) is 4.31 Å². The molecule has 3 aromatic rings. The molecule has 2 saturated heterocycles. The molecule has 1 amide bonds. The first-order valence-corrected chi connectivity index (χ1v) is 15.3. The summed E-state index contributed by atoms with van der Waals surface area (Å²) < 4.78 is 35.4. The molecule has 3 heterocycles. The average molecular weight is 595 g/mol. The molecule has 5 rings (SSSR count). The van der Waals surface area contributed by atoms with Gasteiger partial charge in [0, 0.05) is 63.4 Å². The van der Waals surface area contributed by atoms with Gasteiger partial charge < -0.3 is 19.9 Å². The van der Waals surface area contributed by atoms with Crippen molar-refractivity contribution in [3.63, 3.8) is 0 Å². The third-order valence-corrected chi connectivity index (χ3v) is 10.2. The molecule has 0 radical (unpaired) electrons. The zero-order valence-corrected chi connectivity index (χ0v) is 24.1. The molecule has 0 saturated carbocycles. The van der Waals surface area contributed by atoms with E-state index in [2.05, 4.69) is 10.6 Å². The third-order valence-electron chi connectivity index (χ3n) is 7.67. The number of rotatable bonds is 8. The maximum absolute atomic E-state index is 13.7. The van der Waals surface area contributed by atoms with Crippen LogP contribution >= 0.6 is 23.2 Å². The molecule has 0 spiro atoms. The van der Waals surface area contributed by atoms with E-state index in [9.17, 15) is 13.2 Å². The van der Waals surface area contributed by atoms with Crippen LogP contribution in [0.2, 0.25) is 10.0 Å². The van der Waals surface area contributed by atoms with Gasteiger partial charge in [0.15, 0.2) is 0 Å². The van der Waals surface area contributed by atoms with E-state index in [1.807, 2.05) is 23.1 Å². The Kier molecular flexibility index (Phi) is 8.51. The number of halogens is 2. The second-order valence-corrected chi connectivity index (χ2v) is 13.0. The predicted octanol–water partition coefficient (Wildman–Crippen LogP) is 3.73. The summed E-state index contributed by atoms with van der Waals surface area (Å²) in [5.74, 6) is 0.296. The highest BCUT2D eigenvalue weighted by atomic mass is 35.5. The topological polar surface area (TPSA) is 111 Å². The van der Waals surface area contributed by atoms with Crippen molar-refractivity contribution in [1.82, 2.24) is 18.8 Å². The normalized spacial score (nSPS) is 22.6. The van der Waals surface area contributed by atoms with Crippen LogP contribution in [0.1, 0.15) is 31.0 Å². The molecule has 3 atom stereocenters. The number of nitrogens with two attached hydrogens (primary N) is 1. The van der Waals surface area contributed by atoms with E-state index in [4.69, 9.17) is 38.7 Å². The largest absolute Gasteiger partial charge is 0.385 e. The number of sulfonamides is 1. The molecule has 2 fully saturated rings. The predicted molar refractivity (Wildman–Crippen MR) is 151 cm³/mol. The van der Waals surface area contributed by atoms with Crippen LogP contribution in [0.15, 0.2) is 47.4 Å². The molecule has 12 heteroatoms. The van der Waals surface area contributed by atoms with Crippen LogP contribution in [-0.4, -0.2) is 79.0 Å². The van der Waals surface area contributed by atoms with Gasteiger partial charge in [0.1, 0.15) is 10.7 Å². The van der Waals surface area contributed by atoms with Crippen LogP contribution < -0.4 is 5.73 Å². The second kappa shape index (κ2) is 11.7. The molecule has 2 aliphatic heterocycles. The Balaban J connectivity index is 1.33. The Morgan fingerprint density at radius 2 is 1.95 bits per heavy atom. The number of likely N-dealkylation sites (tertiary alicyclic amines) is 1. The van der Waals surface area contributed by atoms with Crippen LogP contribution in [0, 0.1) is 5.92 Å². The number of imidazole rings is 1. The first-order valence-electron chi connectivity index (χ1n) is 13.1. The molecule has 2 aliphatic rings. The van der Waals surface area contributed by atoms with Crippen molar-refractivity contribution in [3.8, 4) is 0 Å². The van der Waals surface area contributed by atoms with Crippen molar-refractivity contribution in [2.75, 3.05) is 39.9 Å². The fourth-order valence-electron chi connectivity index (χ4n) is 5.70.